The van der Waals surface area contributed by atoms with Gasteiger partial charge in [0.25, 0.3) is 0 Å². The Morgan fingerprint density at radius 1 is 1.41 bits per heavy atom. The topological polar surface area (TPSA) is 59.1 Å². The molecule has 0 atom stereocenters. The molecular formula is C15H19ClN2O4. The molecule has 0 N–H and O–H groups in total. The molecule has 0 spiro atoms. The Hall–Kier alpha value is -1.95. The second-order valence-electron chi connectivity index (χ2n) is 4.81. The summed E-state index contributed by atoms with van der Waals surface area (Å²) in [6.07, 6.45) is -0.429. The summed E-state index contributed by atoms with van der Waals surface area (Å²) in [5, 5.41) is 0.648. The van der Waals surface area contributed by atoms with Crippen molar-refractivity contribution in [2.75, 3.05) is 39.4 Å². The second-order valence-corrected chi connectivity index (χ2v) is 5.25. The number of halogens is 1. The van der Waals surface area contributed by atoms with Gasteiger partial charge in [-0.05, 0) is 31.2 Å². The van der Waals surface area contributed by atoms with Crippen molar-refractivity contribution in [1.82, 2.24) is 9.80 Å². The number of cyclic esters (lactones) is 1. The van der Waals surface area contributed by atoms with Crippen LogP contribution >= 0.6 is 11.6 Å². The number of likely N-dealkylation sites (N-methyl/N-ethyl adjacent to an activating group) is 1. The lowest BCUT2D eigenvalue weighted by molar-refractivity contribution is -0.131. The van der Waals surface area contributed by atoms with E-state index in [2.05, 4.69) is 0 Å². The highest BCUT2D eigenvalue weighted by Crippen LogP contribution is 2.15. The minimum atomic E-state index is -0.429. The fourth-order valence-corrected chi connectivity index (χ4v) is 2.22. The molecule has 0 unspecified atom stereocenters. The zero-order valence-electron chi connectivity index (χ0n) is 12.5. The smallest absolute Gasteiger partial charge is 0.410 e. The van der Waals surface area contributed by atoms with E-state index in [-0.39, 0.29) is 12.5 Å². The normalized spacial score (nSPS) is 13.9. The molecule has 0 bridgehead atoms. The van der Waals surface area contributed by atoms with Crippen LogP contribution in [0.3, 0.4) is 0 Å². The average molecular weight is 327 g/mol. The molecule has 0 saturated carbocycles. The van der Waals surface area contributed by atoms with Crippen LogP contribution in [0.5, 0.6) is 5.75 Å². The number of rotatable bonds is 7. The molecule has 2 rings (SSSR count). The lowest BCUT2D eigenvalue weighted by atomic mass is 10.3. The molecule has 120 valence electrons. The largest absolute Gasteiger partial charge is 0.492 e. The molecule has 1 fully saturated rings. The van der Waals surface area contributed by atoms with Crippen LogP contribution in [0, 0.1) is 0 Å². The first-order valence-electron chi connectivity index (χ1n) is 7.18. The highest BCUT2D eigenvalue weighted by Gasteiger charge is 2.25. The zero-order chi connectivity index (χ0) is 15.9. The Morgan fingerprint density at radius 3 is 2.73 bits per heavy atom. The van der Waals surface area contributed by atoms with Gasteiger partial charge in [-0.3, -0.25) is 9.69 Å². The summed E-state index contributed by atoms with van der Waals surface area (Å²) in [6.45, 7) is 4.15. The van der Waals surface area contributed by atoms with Crippen LogP contribution in [0.4, 0.5) is 4.79 Å². The first kappa shape index (κ1) is 16.4. The molecule has 22 heavy (non-hydrogen) atoms. The Labute approximate surface area is 134 Å². The minimum Gasteiger partial charge on any atom is -0.492 e. The summed E-state index contributed by atoms with van der Waals surface area (Å²) < 4.78 is 10.4. The van der Waals surface area contributed by atoms with E-state index in [9.17, 15) is 9.59 Å². The molecule has 6 nitrogen and oxygen atoms in total. The molecule has 1 aromatic carbocycles. The Balaban J connectivity index is 1.77. The highest BCUT2D eigenvalue weighted by atomic mass is 35.5. The quantitative estimate of drug-likeness (QED) is 0.769. The van der Waals surface area contributed by atoms with Crippen molar-refractivity contribution in [1.29, 1.82) is 0 Å². The number of nitrogens with zero attached hydrogens (tertiary/aromatic N) is 2. The summed E-state index contributed by atoms with van der Waals surface area (Å²) in [5.41, 5.74) is 0. The van der Waals surface area contributed by atoms with E-state index in [1.165, 1.54) is 4.90 Å². The minimum absolute atomic E-state index is 0.0492. The molecule has 2 amide bonds. The number of benzene rings is 1. The molecule has 7 heteroatoms. The van der Waals surface area contributed by atoms with E-state index in [0.717, 1.165) is 0 Å². The fourth-order valence-electron chi connectivity index (χ4n) is 2.10. The van der Waals surface area contributed by atoms with Gasteiger partial charge in [0.05, 0.1) is 13.1 Å². The molecule has 1 heterocycles. The first-order chi connectivity index (χ1) is 10.6. The number of hydrogen-bond donors (Lipinski definition) is 0. The van der Waals surface area contributed by atoms with E-state index in [4.69, 9.17) is 21.1 Å². The van der Waals surface area contributed by atoms with E-state index < -0.39 is 6.09 Å². The average Bonchev–Trinajstić information content (AvgIpc) is 2.90. The standard InChI is InChI=1S/C15H19ClN2O4/c1-2-17(14(19)11-18-8-10-22-15(18)20)7-9-21-13-5-3-12(16)4-6-13/h3-6H,2,7-11H2,1H3. The van der Waals surface area contributed by atoms with Gasteiger partial charge in [0.15, 0.2) is 0 Å². The van der Waals surface area contributed by atoms with Gasteiger partial charge in [-0.25, -0.2) is 4.79 Å². The molecule has 0 aromatic heterocycles. The lowest BCUT2D eigenvalue weighted by Gasteiger charge is -2.23. The van der Waals surface area contributed by atoms with Gasteiger partial charge in [-0.1, -0.05) is 11.6 Å². The number of carbonyl (C=O) groups is 2. The third-order valence-corrected chi connectivity index (χ3v) is 3.60. The van der Waals surface area contributed by atoms with Crippen LogP contribution in [0.2, 0.25) is 5.02 Å². The maximum absolute atomic E-state index is 12.2. The van der Waals surface area contributed by atoms with Crippen LogP contribution in [-0.4, -0.2) is 61.2 Å². The van der Waals surface area contributed by atoms with E-state index in [0.29, 0.717) is 43.6 Å². The molecule has 0 radical (unpaired) electrons. The number of amides is 2. The summed E-state index contributed by atoms with van der Waals surface area (Å²) >= 11 is 5.80. The SMILES string of the molecule is CCN(CCOc1ccc(Cl)cc1)C(=O)CN1CCOC1=O. The van der Waals surface area contributed by atoms with E-state index in [1.54, 1.807) is 29.2 Å². The zero-order valence-corrected chi connectivity index (χ0v) is 13.2. The second kappa shape index (κ2) is 7.89. The fraction of sp³-hybridized carbons (Fsp3) is 0.467. The Kier molecular flexibility index (Phi) is 5.89. The third kappa shape index (κ3) is 4.53. The monoisotopic (exact) mass is 326 g/mol. The van der Waals surface area contributed by atoms with E-state index in [1.807, 2.05) is 6.92 Å². The van der Waals surface area contributed by atoms with Gasteiger partial charge in [0.2, 0.25) is 5.91 Å². The van der Waals surface area contributed by atoms with Crippen molar-refractivity contribution in [3.8, 4) is 5.75 Å². The molecule has 1 aliphatic rings. The third-order valence-electron chi connectivity index (χ3n) is 3.35. The van der Waals surface area contributed by atoms with Crippen LogP contribution in [-0.2, 0) is 9.53 Å². The van der Waals surface area contributed by atoms with Crippen molar-refractivity contribution < 1.29 is 19.1 Å². The van der Waals surface area contributed by atoms with Gasteiger partial charge in [0, 0.05) is 11.6 Å². The molecular weight excluding hydrogens is 308 g/mol. The highest BCUT2D eigenvalue weighted by molar-refractivity contribution is 6.30. The lowest BCUT2D eigenvalue weighted by Crippen LogP contribution is -2.42. The van der Waals surface area contributed by atoms with Crippen molar-refractivity contribution in [2.24, 2.45) is 0 Å². The van der Waals surface area contributed by atoms with Crippen molar-refractivity contribution in [2.45, 2.75) is 6.92 Å². The van der Waals surface area contributed by atoms with Gasteiger partial charge < -0.3 is 14.4 Å². The van der Waals surface area contributed by atoms with Crippen LogP contribution in [0.25, 0.3) is 0 Å². The van der Waals surface area contributed by atoms with Crippen molar-refractivity contribution >= 4 is 23.6 Å². The van der Waals surface area contributed by atoms with Crippen LogP contribution in [0.15, 0.2) is 24.3 Å². The van der Waals surface area contributed by atoms with Crippen LogP contribution < -0.4 is 4.74 Å². The first-order valence-corrected chi connectivity index (χ1v) is 7.55. The number of hydrogen-bond acceptors (Lipinski definition) is 4. The van der Waals surface area contributed by atoms with Crippen molar-refractivity contribution in [3.05, 3.63) is 29.3 Å². The van der Waals surface area contributed by atoms with Crippen molar-refractivity contribution in [3.63, 3.8) is 0 Å². The van der Waals surface area contributed by atoms with E-state index >= 15 is 0 Å². The maximum Gasteiger partial charge on any atom is 0.410 e. The number of ether oxygens (including phenoxy) is 2. The molecule has 0 aliphatic carbocycles. The molecule has 1 aromatic rings. The Bertz CT molecular complexity index is 521. The summed E-state index contributed by atoms with van der Waals surface area (Å²) in [5.74, 6) is 0.595. The summed E-state index contributed by atoms with van der Waals surface area (Å²) in [7, 11) is 0. The summed E-state index contributed by atoms with van der Waals surface area (Å²) in [6, 6.07) is 7.05. The molecule has 1 aliphatic heterocycles. The number of carbonyl (C=O) groups excluding carboxylic acids is 2. The predicted octanol–water partition coefficient (Wildman–Crippen LogP) is 2.02. The van der Waals surface area contributed by atoms with Crippen LogP contribution in [0.1, 0.15) is 6.92 Å². The molecule has 1 saturated heterocycles. The van der Waals surface area contributed by atoms with Gasteiger partial charge in [-0.2, -0.15) is 0 Å². The van der Waals surface area contributed by atoms with Gasteiger partial charge in [0.1, 0.15) is 25.5 Å². The van der Waals surface area contributed by atoms with Gasteiger partial charge >= 0.3 is 6.09 Å². The predicted molar refractivity (Wildman–Crippen MR) is 82.1 cm³/mol. The maximum atomic E-state index is 12.2. The Morgan fingerprint density at radius 2 is 2.14 bits per heavy atom. The van der Waals surface area contributed by atoms with Gasteiger partial charge in [-0.15, -0.1) is 0 Å². The summed E-state index contributed by atoms with van der Waals surface area (Å²) in [4.78, 5) is 26.6.